The van der Waals surface area contributed by atoms with Crippen LogP contribution in [0.3, 0.4) is 0 Å². The van der Waals surface area contributed by atoms with Crippen molar-refractivity contribution in [2.24, 2.45) is 0 Å². The number of aromatic nitrogens is 1. The number of nitrogens with zero attached hydrogens (tertiary/aromatic N) is 3. The van der Waals surface area contributed by atoms with Gasteiger partial charge in [-0.25, -0.2) is 4.98 Å². The third-order valence-electron chi connectivity index (χ3n) is 5.97. The van der Waals surface area contributed by atoms with Crippen LogP contribution in [0.15, 0.2) is 84.9 Å². The van der Waals surface area contributed by atoms with Crippen LogP contribution < -0.4 is 10.1 Å². The second kappa shape index (κ2) is 9.74. The zero-order valence-electron chi connectivity index (χ0n) is 18.6. The number of nitriles is 1. The van der Waals surface area contributed by atoms with Crippen molar-refractivity contribution in [3.05, 3.63) is 102 Å². The van der Waals surface area contributed by atoms with E-state index in [9.17, 15) is 4.79 Å². The van der Waals surface area contributed by atoms with Gasteiger partial charge in [0.25, 0.3) is 5.91 Å². The number of carbonyl (C=O) groups excluding carboxylic acids is 1. The van der Waals surface area contributed by atoms with E-state index in [1.807, 2.05) is 30.3 Å². The zero-order valence-corrected chi connectivity index (χ0v) is 18.6. The van der Waals surface area contributed by atoms with E-state index in [4.69, 9.17) is 10.00 Å². The molecule has 1 aromatic heterocycles. The van der Waals surface area contributed by atoms with Crippen molar-refractivity contribution >= 4 is 16.8 Å². The van der Waals surface area contributed by atoms with Crippen molar-refractivity contribution in [3.8, 4) is 17.6 Å². The number of carbonyl (C=O) groups is 1. The Hall–Kier alpha value is -4.21. The van der Waals surface area contributed by atoms with Crippen LogP contribution in [0.5, 0.6) is 11.5 Å². The summed E-state index contributed by atoms with van der Waals surface area (Å²) in [4.78, 5) is 19.8. The lowest BCUT2D eigenvalue weighted by molar-refractivity contribution is 0.0933. The monoisotopic (exact) mass is 448 g/mol. The van der Waals surface area contributed by atoms with Crippen molar-refractivity contribution in [1.29, 1.82) is 5.26 Å². The SMILES string of the molecule is N#Cc1ccc(Oc2ccc3nc(C(=O)N[C@@H]4CCN(Cc5ccccc5)C4)ccc3c2)cc1. The maximum Gasteiger partial charge on any atom is 0.270 e. The van der Waals surface area contributed by atoms with Crippen molar-refractivity contribution in [2.75, 3.05) is 13.1 Å². The second-order valence-corrected chi connectivity index (χ2v) is 8.47. The van der Waals surface area contributed by atoms with Crippen molar-refractivity contribution in [2.45, 2.75) is 19.0 Å². The van der Waals surface area contributed by atoms with E-state index in [2.05, 4.69) is 45.5 Å². The summed E-state index contributed by atoms with van der Waals surface area (Å²) in [5.74, 6) is 1.17. The fourth-order valence-corrected chi connectivity index (χ4v) is 4.22. The minimum atomic E-state index is -0.147. The summed E-state index contributed by atoms with van der Waals surface area (Å²) in [6.07, 6.45) is 0.933. The van der Waals surface area contributed by atoms with E-state index >= 15 is 0 Å². The minimum Gasteiger partial charge on any atom is -0.457 e. The average Bonchev–Trinajstić information content (AvgIpc) is 3.31. The largest absolute Gasteiger partial charge is 0.457 e. The van der Waals surface area contributed by atoms with Gasteiger partial charge in [-0.2, -0.15) is 5.26 Å². The molecule has 1 atom stereocenters. The summed E-state index contributed by atoms with van der Waals surface area (Å²) in [6, 6.07) is 28.8. The Kier molecular flexibility index (Phi) is 6.19. The number of benzene rings is 3. The number of hydrogen-bond acceptors (Lipinski definition) is 5. The van der Waals surface area contributed by atoms with Gasteiger partial charge >= 0.3 is 0 Å². The van der Waals surface area contributed by atoms with Crippen LogP contribution in [0, 0.1) is 11.3 Å². The Labute approximate surface area is 198 Å². The third kappa shape index (κ3) is 5.06. The molecule has 0 bridgehead atoms. The molecular formula is C28H24N4O2. The molecule has 1 aliphatic rings. The van der Waals surface area contributed by atoms with Crippen LogP contribution in [-0.2, 0) is 6.54 Å². The third-order valence-corrected chi connectivity index (χ3v) is 5.97. The minimum absolute atomic E-state index is 0.122. The van der Waals surface area contributed by atoms with E-state index in [1.54, 1.807) is 30.3 Å². The number of amides is 1. The first-order valence-electron chi connectivity index (χ1n) is 11.3. The quantitative estimate of drug-likeness (QED) is 0.454. The number of fused-ring (bicyclic) bond motifs is 1. The molecule has 5 rings (SSSR count). The molecule has 6 nitrogen and oxygen atoms in total. The lowest BCUT2D eigenvalue weighted by Gasteiger charge is -2.16. The molecular weight excluding hydrogens is 424 g/mol. The van der Waals surface area contributed by atoms with Crippen LogP contribution >= 0.6 is 0 Å². The lowest BCUT2D eigenvalue weighted by atomic mass is 10.1. The van der Waals surface area contributed by atoms with Crippen LogP contribution in [0.1, 0.15) is 28.0 Å². The highest BCUT2D eigenvalue weighted by atomic mass is 16.5. The van der Waals surface area contributed by atoms with Gasteiger partial charge in [0.05, 0.1) is 17.1 Å². The summed E-state index contributed by atoms with van der Waals surface area (Å²) >= 11 is 0. The molecule has 4 aromatic rings. The molecule has 1 amide bonds. The summed E-state index contributed by atoms with van der Waals surface area (Å²) in [5.41, 5.74) is 3.02. The lowest BCUT2D eigenvalue weighted by Crippen LogP contribution is -2.37. The molecule has 0 unspecified atom stereocenters. The molecule has 1 N–H and O–H groups in total. The molecule has 6 heteroatoms. The summed E-state index contributed by atoms with van der Waals surface area (Å²) in [7, 11) is 0. The van der Waals surface area contributed by atoms with Gasteiger partial charge in [0.15, 0.2) is 0 Å². The maximum absolute atomic E-state index is 12.8. The molecule has 1 aliphatic heterocycles. The molecule has 1 fully saturated rings. The smallest absolute Gasteiger partial charge is 0.270 e. The Balaban J connectivity index is 1.21. The number of pyridine rings is 1. The van der Waals surface area contributed by atoms with E-state index in [0.29, 0.717) is 22.8 Å². The fraction of sp³-hybridized carbons (Fsp3) is 0.179. The number of ether oxygens (including phenoxy) is 1. The number of hydrogen-bond donors (Lipinski definition) is 1. The van der Waals surface area contributed by atoms with E-state index in [-0.39, 0.29) is 11.9 Å². The number of likely N-dealkylation sites (tertiary alicyclic amines) is 1. The predicted molar refractivity (Wildman–Crippen MR) is 131 cm³/mol. The Bertz CT molecular complexity index is 1350. The first-order valence-corrected chi connectivity index (χ1v) is 11.3. The molecule has 1 saturated heterocycles. The Morgan fingerprint density at radius 2 is 1.82 bits per heavy atom. The van der Waals surface area contributed by atoms with Gasteiger partial charge in [-0.1, -0.05) is 36.4 Å². The van der Waals surface area contributed by atoms with E-state index in [1.165, 1.54) is 5.56 Å². The molecule has 0 radical (unpaired) electrons. The highest BCUT2D eigenvalue weighted by Gasteiger charge is 2.24. The predicted octanol–water partition coefficient (Wildman–Crippen LogP) is 4.90. The normalized spacial score (nSPS) is 15.7. The Morgan fingerprint density at radius 1 is 1.03 bits per heavy atom. The summed E-state index contributed by atoms with van der Waals surface area (Å²) < 4.78 is 5.88. The van der Waals surface area contributed by atoms with Gasteiger partial charge in [-0.15, -0.1) is 0 Å². The molecule has 0 spiro atoms. The number of nitrogens with one attached hydrogen (secondary N) is 1. The van der Waals surface area contributed by atoms with Gasteiger partial charge in [0.2, 0.25) is 0 Å². The van der Waals surface area contributed by atoms with Gasteiger partial charge in [-0.05, 0) is 60.5 Å². The topological polar surface area (TPSA) is 78.2 Å². The van der Waals surface area contributed by atoms with Crippen LogP contribution in [0.25, 0.3) is 10.9 Å². The van der Waals surface area contributed by atoms with Gasteiger partial charge in [0.1, 0.15) is 17.2 Å². The molecule has 0 aliphatic carbocycles. The highest BCUT2D eigenvalue weighted by molar-refractivity contribution is 5.95. The van der Waals surface area contributed by atoms with Crippen LogP contribution in [0.2, 0.25) is 0 Å². The van der Waals surface area contributed by atoms with Crippen LogP contribution in [0.4, 0.5) is 0 Å². The summed E-state index contributed by atoms with van der Waals surface area (Å²) in [6.45, 7) is 2.70. The molecule has 34 heavy (non-hydrogen) atoms. The maximum atomic E-state index is 12.8. The zero-order chi connectivity index (χ0) is 23.3. The van der Waals surface area contributed by atoms with Crippen molar-refractivity contribution in [1.82, 2.24) is 15.2 Å². The second-order valence-electron chi connectivity index (χ2n) is 8.47. The first kappa shape index (κ1) is 21.6. The standard InChI is InChI=1S/C28H24N4O2/c29-17-20-6-9-24(10-7-20)34-25-11-13-26-22(16-25)8-12-27(31-26)28(33)30-23-14-15-32(19-23)18-21-4-2-1-3-5-21/h1-13,16,23H,14-15,18-19H2,(H,30,33)/t23-/m1/s1. The fourth-order valence-electron chi connectivity index (χ4n) is 4.22. The average molecular weight is 449 g/mol. The van der Waals surface area contributed by atoms with Crippen molar-refractivity contribution in [3.63, 3.8) is 0 Å². The first-order chi connectivity index (χ1) is 16.7. The van der Waals surface area contributed by atoms with Gasteiger partial charge in [-0.3, -0.25) is 9.69 Å². The van der Waals surface area contributed by atoms with E-state index < -0.39 is 0 Å². The van der Waals surface area contributed by atoms with E-state index in [0.717, 1.165) is 37.0 Å². The molecule has 2 heterocycles. The molecule has 168 valence electrons. The van der Waals surface area contributed by atoms with Gasteiger partial charge < -0.3 is 10.1 Å². The number of rotatable bonds is 6. The van der Waals surface area contributed by atoms with Gasteiger partial charge in [0, 0.05) is 31.1 Å². The molecule has 0 saturated carbocycles. The van der Waals surface area contributed by atoms with Crippen molar-refractivity contribution < 1.29 is 9.53 Å². The van der Waals surface area contributed by atoms with Crippen LogP contribution in [-0.4, -0.2) is 34.9 Å². The summed E-state index contributed by atoms with van der Waals surface area (Å²) in [5, 5.41) is 12.9. The Morgan fingerprint density at radius 3 is 2.62 bits per heavy atom. The molecule has 3 aromatic carbocycles. The highest BCUT2D eigenvalue weighted by Crippen LogP contribution is 2.25.